The largest absolute Gasteiger partial charge is 0.455 e. The molecule has 0 unspecified atom stereocenters. The Kier molecular flexibility index (Phi) is 10.3. The number of rotatable bonds is 8. The molecule has 0 saturated carbocycles. The van der Waals surface area contributed by atoms with Crippen molar-refractivity contribution in [3.05, 3.63) is 285 Å². The van der Waals surface area contributed by atoms with Crippen LogP contribution in [-0.4, -0.2) is 0 Å². The fourth-order valence-electron chi connectivity index (χ4n) is 12.5. The van der Waals surface area contributed by atoms with E-state index in [-0.39, 0.29) is 0 Å². The Labute approximate surface area is 456 Å². The summed E-state index contributed by atoms with van der Waals surface area (Å²) >= 11 is 0. The first-order valence-electron chi connectivity index (χ1n) is 27.1. The molecule has 0 N–H and O–H groups in total. The van der Waals surface area contributed by atoms with Crippen LogP contribution in [0.2, 0.25) is 0 Å². The highest BCUT2D eigenvalue weighted by atomic mass is 16.3. The van der Waals surface area contributed by atoms with Gasteiger partial charge in [-0.15, -0.1) is 0 Å². The maximum atomic E-state index is 7.21. The summed E-state index contributed by atoms with van der Waals surface area (Å²) in [5, 5.41) is 13.9. The summed E-state index contributed by atoms with van der Waals surface area (Å²) < 4.78 is 14.4. The normalized spacial score (nSPS) is 11.8. The Morgan fingerprint density at radius 3 is 0.873 bits per heavy atom. The van der Waals surface area contributed by atoms with Gasteiger partial charge >= 0.3 is 0 Å². The molecule has 0 atom stereocenters. The zero-order valence-electron chi connectivity index (χ0n) is 42.9. The average Bonchev–Trinajstić information content (AvgIpc) is 4.31. The van der Waals surface area contributed by atoms with Gasteiger partial charge in [0, 0.05) is 60.5 Å². The summed E-state index contributed by atoms with van der Waals surface area (Å²) in [6, 6.07) is 103. The van der Waals surface area contributed by atoms with Gasteiger partial charge in [-0.3, -0.25) is 0 Å². The van der Waals surface area contributed by atoms with Crippen molar-refractivity contribution in [2.75, 3.05) is 4.90 Å². The molecule has 0 aliphatic carbocycles. The standard InChI is InChI=1S/C76H47NO2/c1-3-17-48(18-4-1)50-33-39-56(40-34-50)77(57-41-35-51(36-42-57)49-19-5-2-6-20-49)58-43-37-52(38-44-58)53-45-54(59-29-15-31-69-71-65-25-11-7-21-61(65)63-23-9-13-27-67(63)75(71)78-73(59)69)47-55(46-53)60-30-16-32-70-72-66-26-12-8-22-62(66)64-24-10-14-28-68(64)76(72)79-74(60)70/h1-47H. The van der Waals surface area contributed by atoms with E-state index in [4.69, 9.17) is 8.83 Å². The van der Waals surface area contributed by atoms with Gasteiger partial charge < -0.3 is 13.7 Å². The van der Waals surface area contributed by atoms with Crippen LogP contribution >= 0.6 is 0 Å². The number of para-hydroxylation sites is 2. The van der Waals surface area contributed by atoms with Gasteiger partial charge in [-0.05, 0) is 131 Å². The van der Waals surface area contributed by atoms with E-state index in [1.165, 1.54) is 54.6 Å². The molecule has 0 saturated heterocycles. The van der Waals surface area contributed by atoms with Gasteiger partial charge in [0.25, 0.3) is 0 Å². The highest BCUT2D eigenvalue weighted by molar-refractivity contribution is 6.32. The SMILES string of the molecule is c1ccc(-c2ccc(N(c3ccc(-c4ccccc4)cc3)c3ccc(-c4cc(-c5cccc6c5oc5c7ccccc7c7ccccc7c65)cc(-c5cccc6c5oc5c7ccccc7c7ccccc7c65)c4)cc3)cc2)cc1. The zero-order chi connectivity index (χ0) is 52.0. The maximum absolute atomic E-state index is 7.21. The number of nitrogens with zero attached hydrogens (tertiary/aromatic N) is 1. The van der Waals surface area contributed by atoms with Crippen LogP contribution in [0.5, 0.6) is 0 Å². The summed E-state index contributed by atoms with van der Waals surface area (Å²) in [6.07, 6.45) is 0. The fourth-order valence-corrected chi connectivity index (χ4v) is 12.5. The molecule has 0 radical (unpaired) electrons. The summed E-state index contributed by atoms with van der Waals surface area (Å²) in [5.41, 5.74) is 17.8. The number of hydrogen-bond donors (Lipinski definition) is 0. The number of furan rings is 2. The minimum atomic E-state index is 0.865. The molecule has 14 aromatic carbocycles. The Hall–Kier alpha value is -10.5. The van der Waals surface area contributed by atoms with Crippen molar-refractivity contribution in [2.24, 2.45) is 0 Å². The maximum Gasteiger partial charge on any atom is 0.143 e. The lowest BCUT2D eigenvalue weighted by molar-refractivity contribution is 0.674. The second-order valence-corrected chi connectivity index (χ2v) is 20.7. The lowest BCUT2D eigenvalue weighted by Crippen LogP contribution is -2.09. The third kappa shape index (κ3) is 7.28. The van der Waals surface area contributed by atoms with Gasteiger partial charge in [-0.1, -0.05) is 231 Å². The van der Waals surface area contributed by atoms with Gasteiger partial charge in [-0.25, -0.2) is 0 Å². The van der Waals surface area contributed by atoms with E-state index in [2.05, 4.69) is 290 Å². The van der Waals surface area contributed by atoms with Crippen molar-refractivity contribution >= 4 is 104 Å². The molecule has 79 heavy (non-hydrogen) atoms. The molecule has 0 aliphatic rings. The van der Waals surface area contributed by atoms with Gasteiger partial charge in [0.15, 0.2) is 0 Å². The van der Waals surface area contributed by atoms with E-state index < -0.39 is 0 Å². The average molecular weight is 1010 g/mol. The quantitative estimate of drug-likeness (QED) is 0.142. The lowest BCUT2D eigenvalue weighted by Gasteiger charge is -2.26. The minimum absolute atomic E-state index is 0.865. The molecule has 0 aliphatic heterocycles. The molecule has 368 valence electrons. The van der Waals surface area contributed by atoms with Crippen LogP contribution in [0.15, 0.2) is 294 Å². The Morgan fingerprint density at radius 2 is 0.481 bits per heavy atom. The van der Waals surface area contributed by atoms with Gasteiger partial charge in [0.05, 0.1) is 0 Å². The summed E-state index contributed by atoms with van der Waals surface area (Å²) in [6.45, 7) is 0. The van der Waals surface area contributed by atoms with Crippen LogP contribution in [0.1, 0.15) is 0 Å². The predicted molar refractivity (Wildman–Crippen MR) is 333 cm³/mol. The number of anilines is 3. The number of fused-ring (bicyclic) bond motifs is 16. The van der Waals surface area contributed by atoms with Gasteiger partial charge in [-0.2, -0.15) is 0 Å². The van der Waals surface area contributed by atoms with Crippen molar-refractivity contribution in [3.63, 3.8) is 0 Å². The van der Waals surface area contributed by atoms with Crippen LogP contribution < -0.4 is 4.90 Å². The molecule has 3 heteroatoms. The first-order chi connectivity index (χ1) is 39.2. The second kappa shape index (κ2) is 18.1. The van der Waals surface area contributed by atoms with Gasteiger partial charge in [0.2, 0.25) is 0 Å². The molecule has 0 spiro atoms. The third-order valence-electron chi connectivity index (χ3n) is 16.2. The summed E-state index contributed by atoms with van der Waals surface area (Å²) in [4.78, 5) is 2.35. The molecule has 2 heterocycles. The highest BCUT2D eigenvalue weighted by Gasteiger charge is 2.23. The molecule has 2 aromatic heterocycles. The number of hydrogen-bond acceptors (Lipinski definition) is 3. The Morgan fingerprint density at radius 1 is 0.190 bits per heavy atom. The third-order valence-corrected chi connectivity index (χ3v) is 16.2. The highest BCUT2D eigenvalue weighted by Crippen LogP contribution is 2.48. The summed E-state index contributed by atoms with van der Waals surface area (Å²) in [7, 11) is 0. The van der Waals surface area contributed by atoms with Crippen LogP contribution in [0.4, 0.5) is 17.1 Å². The second-order valence-electron chi connectivity index (χ2n) is 20.7. The molecule has 16 aromatic rings. The topological polar surface area (TPSA) is 29.5 Å². The first-order valence-corrected chi connectivity index (χ1v) is 27.1. The van der Waals surface area contributed by atoms with Crippen molar-refractivity contribution in [2.45, 2.75) is 0 Å². The van der Waals surface area contributed by atoms with E-state index >= 15 is 0 Å². The van der Waals surface area contributed by atoms with Crippen molar-refractivity contribution < 1.29 is 8.83 Å². The number of benzene rings is 14. The van der Waals surface area contributed by atoms with Crippen molar-refractivity contribution in [3.8, 4) is 55.6 Å². The van der Waals surface area contributed by atoms with E-state index in [0.29, 0.717) is 0 Å². The van der Waals surface area contributed by atoms with Crippen molar-refractivity contribution in [1.29, 1.82) is 0 Å². The van der Waals surface area contributed by atoms with Crippen LogP contribution in [0.25, 0.3) is 143 Å². The minimum Gasteiger partial charge on any atom is -0.455 e. The molecule has 0 fully saturated rings. The molecule has 0 bridgehead atoms. The molecule has 16 rings (SSSR count). The zero-order valence-corrected chi connectivity index (χ0v) is 42.9. The van der Waals surface area contributed by atoms with Crippen LogP contribution in [-0.2, 0) is 0 Å². The van der Waals surface area contributed by atoms with E-state index in [1.807, 2.05) is 0 Å². The lowest BCUT2D eigenvalue weighted by atomic mass is 9.91. The van der Waals surface area contributed by atoms with Crippen LogP contribution in [0.3, 0.4) is 0 Å². The van der Waals surface area contributed by atoms with E-state index in [0.717, 1.165) is 105 Å². The molecular weight excluding hydrogens is 959 g/mol. The van der Waals surface area contributed by atoms with Crippen LogP contribution in [0, 0.1) is 0 Å². The van der Waals surface area contributed by atoms with E-state index in [9.17, 15) is 0 Å². The molecule has 3 nitrogen and oxygen atoms in total. The van der Waals surface area contributed by atoms with E-state index in [1.54, 1.807) is 0 Å². The monoisotopic (exact) mass is 1010 g/mol. The Bertz CT molecular complexity index is 4740. The van der Waals surface area contributed by atoms with Gasteiger partial charge in [0.1, 0.15) is 22.3 Å². The molecule has 0 amide bonds. The van der Waals surface area contributed by atoms with Crippen molar-refractivity contribution in [1.82, 2.24) is 0 Å². The smallest absolute Gasteiger partial charge is 0.143 e. The fraction of sp³-hybridized carbons (Fsp3) is 0. The Balaban J connectivity index is 0.892. The first kappa shape index (κ1) is 44.8. The predicted octanol–water partition coefficient (Wildman–Crippen LogP) is 21.9. The summed E-state index contributed by atoms with van der Waals surface area (Å²) in [5.74, 6) is 0. The molecular formula is C76H47NO2.